The quantitative estimate of drug-likeness (QED) is 0.375. The molecule has 31 heavy (non-hydrogen) atoms. The average Bonchev–Trinajstić information content (AvgIpc) is 2.76. The number of halogens is 3. The number of hydrogen-bond donors (Lipinski definition) is 0. The molecule has 1 saturated heterocycles. The van der Waals surface area contributed by atoms with E-state index in [1.807, 2.05) is 60.7 Å². The minimum Gasteiger partial charge on any atom is -0.486 e. The molecule has 0 bridgehead atoms. The van der Waals surface area contributed by atoms with E-state index in [9.17, 15) is 0 Å². The Hall–Kier alpha value is -1.91. The van der Waals surface area contributed by atoms with Gasteiger partial charge in [-0.25, -0.2) is 0 Å². The third-order valence-electron chi connectivity index (χ3n) is 5.40. The Balaban J connectivity index is 1.43. The third-order valence-corrected chi connectivity index (χ3v) is 6.14. The van der Waals surface area contributed by atoms with Crippen LogP contribution in [0.1, 0.15) is 12.0 Å². The fraction of sp³-hybridized carbons (Fsp3) is 0.280. The number of piperidine rings is 1. The first-order chi connectivity index (χ1) is 15.0. The molecule has 3 nitrogen and oxygen atoms in total. The number of ether oxygens (including phenoxy) is 2. The molecule has 1 heterocycles. The molecule has 3 aromatic carbocycles. The van der Waals surface area contributed by atoms with Gasteiger partial charge in [-0.2, -0.15) is 0 Å². The number of rotatable bonds is 7. The van der Waals surface area contributed by atoms with Crippen LogP contribution in [0.5, 0.6) is 11.5 Å². The molecule has 0 spiro atoms. The Bertz CT molecular complexity index is 979. The summed E-state index contributed by atoms with van der Waals surface area (Å²) in [6.45, 7) is 2.67. The molecular weight excluding hydrogens is 453 g/mol. The van der Waals surface area contributed by atoms with Crippen LogP contribution in [-0.4, -0.2) is 36.7 Å². The van der Waals surface area contributed by atoms with Crippen molar-refractivity contribution in [1.82, 2.24) is 4.90 Å². The van der Waals surface area contributed by atoms with Crippen LogP contribution in [0.4, 0.5) is 0 Å². The lowest BCUT2D eigenvalue weighted by Gasteiger charge is -2.38. The van der Waals surface area contributed by atoms with Crippen LogP contribution in [0.2, 0.25) is 15.1 Å². The summed E-state index contributed by atoms with van der Waals surface area (Å²) in [5.41, 5.74) is 1.27. The first kappa shape index (κ1) is 22.3. The number of benzene rings is 3. The van der Waals surface area contributed by atoms with Crippen molar-refractivity contribution >= 4 is 34.8 Å². The number of hydrogen-bond acceptors (Lipinski definition) is 3. The van der Waals surface area contributed by atoms with Crippen LogP contribution in [0.15, 0.2) is 72.8 Å². The van der Waals surface area contributed by atoms with Crippen molar-refractivity contribution in [2.45, 2.75) is 25.0 Å². The van der Waals surface area contributed by atoms with E-state index in [1.54, 1.807) is 0 Å². The van der Waals surface area contributed by atoms with Crippen LogP contribution in [0.25, 0.3) is 0 Å². The highest BCUT2D eigenvalue weighted by molar-refractivity contribution is 6.31. The van der Waals surface area contributed by atoms with Gasteiger partial charge in [0.2, 0.25) is 0 Å². The summed E-state index contributed by atoms with van der Waals surface area (Å²) in [5, 5.41) is 2.11. The highest BCUT2D eigenvalue weighted by Gasteiger charge is 2.32. The molecule has 0 saturated carbocycles. The summed E-state index contributed by atoms with van der Waals surface area (Å²) in [4.78, 5) is 2.42. The van der Waals surface area contributed by atoms with Gasteiger partial charge in [-0.05, 0) is 66.6 Å². The molecule has 4 rings (SSSR count). The second-order valence-corrected chi connectivity index (χ2v) is 9.00. The maximum Gasteiger partial charge on any atom is 0.148 e. The SMILES string of the molecule is Clc1ccc(CCN2CCC(Oc3ccc(Cl)cc3)C(Oc3cccc(Cl)c3)C2)cc1. The zero-order valence-corrected chi connectivity index (χ0v) is 19.3. The summed E-state index contributed by atoms with van der Waals surface area (Å²) in [6.07, 6.45) is 1.65. The van der Waals surface area contributed by atoms with E-state index >= 15 is 0 Å². The van der Waals surface area contributed by atoms with Gasteiger partial charge < -0.3 is 9.47 Å². The molecule has 0 radical (unpaired) electrons. The van der Waals surface area contributed by atoms with Crippen molar-refractivity contribution in [2.75, 3.05) is 19.6 Å². The maximum atomic E-state index is 6.35. The van der Waals surface area contributed by atoms with E-state index in [2.05, 4.69) is 17.0 Å². The zero-order chi connectivity index (χ0) is 21.6. The number of likely N-dealkylation sites (tertiary alicyclic amines) is 1. The summed E-state index contributed by atoms with van der Waals surface area (Å²) >= 11 is 18.2. The Morgan fingerprint density at radius 1 is 0.742 bits per heavy atom. The molecule has 2 unspecified atom stereocenters. The maximum absolute atomic E-state index is 6.35. The smallest absolute Gasteiger partial charge is 0.148 e. The third kappa shape index (κ3) is 6.54. The molecular formula is C25H24Cl3NO2. The van der Waals surface area contributed by atoms with Crippen LogP contribution in [0.3, 0.4) is 0 Å². The van der Waals surface area contributed by atoms with Crippen molar-refractivity contribution in [3.05, 3.63) is 93.4 Å². The van der Waals surface area contributed by atoms with Crippen molar-refractivity contribution in [1.29, 1.82) is 0 Å². The molecule has 6 heteroatoms. The molecule has 2 atom stereocenters. The predicted octanol–water partition coefficient (Wildman–Crippen LogP) is 6.79. The van der Waals surface area contributed by atoms with Crippen LogP contribution >= 0.6 is 34.8 Å². The van der Waals surface area contributed by atoms with Gasteiger partial charge in [0.15, 0.2) is 0 Å². The van der Waals surface area contributed by atoms with Gasteiger partial charge in [-0.1, -0.05) is 53.0 Å². The lowest BCUT2D eigenvalue weighted by Crippen LogP contribution is -2.52. The zero-order valence-electron chi connectivity index (χ0n) is 17.0. The molecule has 3 aromatic rings. The minimum absolute atomic E-state index is 0.0630. The minimum atomic E-state index is -0.117. The van der Waals surface area contributed by atoms with Gasteiger partial charge >= 0.3 is 0 Å². The van der Waals surface area contributed by atoms with E-state index < -0.39 is 0 Å². The van der Waals surface area contributed by atoms with Gasteiger partial charge in [0.1, 0.15) is 23.7 Å². The van der Waals surface area contributed by atoms with Crippen LogP contribution in [-0.2, 0) is 6.42 Å². The predicted molar refractivity (Wildman–Crippen MR) is 128 cm³/mol. The second kappa shape index (κ2) is 10.6. The van der Waals surface area contributed by atoms with Crippen molar-refractivity contribution in [3.8, 4) is 11.5 Å². The lowest BCUT2D eigenvalue weighted by molar-refractivity contribution is -0.0106. The number of nitrogens with zero attached hydrogens (tertiary/aromatic N) is 1. The second-order valence-electron chi connectivity index (χ2n) is 7.69. The molecule has 0 amide bonds. The summed E-state index contributed by atoms with van der Waals surface area (Å²) in [6, 6.07) is 23.0. The van der Waals surface area contributed by atoms with Gasteiger partial charge in [0, 0.05) is 41.1 Å². The molecule has 0 N–H and O–H groups in total. The Morgan fingerprint density at radius 3 is 2.13 bits per heavy atom. The van der Waals surface area contributed by atoms with Gasteiger partial charge in [0.05, 0.1) is 0 Å². The molecule has 1 aliphatic heterocycles. The Morgan fingerprint density at radius 2 is 1.42 bits per heavy atom. The normalized spacial score (nSPS) is 19.2. The summed E-state index contributed by atoms with van der Waals surface area (Å²) in [5.74, 6) is 1.55. The van der Waals surface area contributed by atoms with Gasteiger partial charge in [-0.3, -0.25) is 4.90 Å². The molecule has 1 fully saturated rings. The van der Waals surface area contributed by atoms with E-state index in [-0.39, 0.29) is 12.2 Å². The highest BCUT2D eigenvalue weighted by Crippen LogP contribution is 2.26. The molecule has 0 aliphatic carbocycles. The molecule has 162 valence electrons. The summed E-state index contributed by atoms with van der Waals surface area (Å²) in [7, 11) is 0. The van der Waals surface area contributed by atoms with E-state index in [0.29, 0.717) is 10.0 Å². The topological polar surface area (TPSA) is 21.7 Å². The Kier molecular flexibility index (Phi) is 7.62. The highest BCUT2D eigenvalue weighted by atomic mass is 35.5. The van der Waals surface area contributed by atoms with E-state index in [0.717, 1.165) is 49.0 Å². The van der Waals surface area contributed by atoms with Gasteiger partial charge in [0.25, 0.3) is 0 Å². The largest absolute Gasteiger partial charge is 0.486 e. The van der Waals surface area contributed by atoms with Crippen LogP contribution in [0, 0.1) is 0 Å². The lowest BCUT2D eigenvalue weighted by atomic mass is 10.0. The first-order valence-electron chi connectivity index (χ1n) is 10.4. The fourth-order valence-corrected chi connectivity index (χ4v) is 4.18. The molecule has 0 aromatic heterocycles. The monoisotopic (exact) mass is 475 g/mol. The first-order valence-corrected chi connectivity index (χ1v) is 11.5. The van der Waals surface area contributed by atoms with Crippen molar-refractivity contribution in [2.24, 2.45) is 0 Å². The van der Waals surface area contributed by atoms with Crippen molar-refractivity contribution in [3.63, 3.8) is 0 Å². The average molecular weight is 477 g/mol. The van der Waals surface area contributed by atoms with Crippen molar-refractivity contribution < 1.29 is 9.47 Å². The van der Waals surface area contributed by atoms with Crippen LogP contribution < -0.4 is 9.47 Å². The Labute approximate surface area is 198 Å². The van der Waals surface area contributed by atoms with E-state index in [1.165, 1.54) is 5.56 Å². The van der Waals surface area contributed by atoms with Gasteiger partial charge in [-0.15, -0.1) is 0 Å². The fourth-order valence-electron chi connectivity index (χ4n) is 3.75. The molecule has 1 aliphatic rings. The van der Waals surface area contributed by atoms with E-state index in [4.69, 9.17) is 44.3 Å². The standard InChI is InChI=1S/C25H24Cl3NO2/c26-19-6-4-18(5-7-19)12-14-29-15-13-24(30-22-10-8-20(27)9-11-22)25(17-29)31-23-3-1-2-21(28)16-23/h1-11,16,24-25H,12-15,17H2. The summed E-state index contributed by atoms with van der Waals surface area (Å²) < 4.78 is 12.6.